The molecule has 1 aromatic heterocycles. The van der Waals surface area contributed by atoms with Crippen LogP contribution in [0.1, 0.15) is 45.9 Å². The van der Waals surface area contributed by atoms with Crippen molar-refractivity contribution in [3.8, 4) is 5.69 Å². The Labute approximate surface area is 117 Å². The number of aryl methyl sites for hydroxylation is 2. The van der Waals surface area contributed by atoms with Crippen LogP contribution < -0.4 is 0 Å². The van der Waals surface area contributed by atoms with Crippen molar-refractivity contribution in [3.05, 3.63) is 45.7 Å². The normalized spacial score (nSPS) is 14.7. The number of aromatic nitrogens is 2. The van der Waals surface area contributed by atoms with Crippen LogP contribution in [0.2, 0.25) is 5.15 Å². The number of hydrogen-bond donors (Lipinski definition) is 0. The lowest BCUT2D eigenvalue weighted by Gasteiger charge is -2.07. The van der Waals surface area contributed by atoms with E-state index < -0.39 is 0 Å². The summed E-state index contributed by atoms with van der Waals surface area (Å²) in [5.41, 5.74) is 4.63. The Morgan fingerprint density at radius 2 is 2.11 bits per heavy atom. The van der Waals surface area contributed by atoms with Gasteiger partial charge in [0.15, 0.2) is 6.29 Å². The molecular formula is C15H15ClN2O. The van der Waals surface area contributed by atoms with Crippen molar-refractivity contribution in [2.45, 2.75) is 32.6 Å². The lowest BCUT2D eigenvalue weighted by Crippen LogP contribution is -2.00. The minimum atomic E-state index is 0.407. The molecule has 1 aliphatic rings. The summed E-state index contributed by atoms with van der Waals surface area (Å²) in [6.07, 6.45) is 3.02. The minimum absolute atomic E-state index is 0.407. The van der Waals surface area contributed by atoms with Crippen LogP contribution in [0, 0.1) is 13.8 Å². The Hall–Kier alpha value is -1.61. The molecule has 0 atom stereocenters. The molecule has 0 bridgehead atoms. The number of rotatable bonds is 3. The Bertz CT molecular complexity index is 656. The summed E-state index contributed by atoms with van der Waals surface area (Å²) >= 11 is 6.32. The summed E-state index contributed by atoms with van der Waals surface area (Å²) in [5.74, 6) is 0.407. The molecule has 0 saturated heterocycles. The van der Waals surface area contributed by atoms with Crippen LogP contribution in [0.3, 0.4) is 0 Å². The minimum Gasteiger partial charge on any atom is -0.298 e. The first-order valence-corrected chi connectivity index (χ1v) is 6.81. The van der Waals surface area contributed by atoms with Gasteiger partial charge >= 0.3 is 0 Å². The molecular weight excluding hydrogens is 260 g/mol. The molecule has 0 N–H and O–H groups in total. The maximum absolute atomic E-state index is 11.2. The molecule has 0 amide bonds. The van der Waals surface area contributed by atoms with Crippen molar-refractivity contribution >= 4 is 17.9 Å². The van der Waals surface area contributed by atoms with Gasteiger partial charge in [-0.15, -0.1) is 0 Å². The first-order valence-electron chi connectivity index (χ1n) is 6.43. The number of benzene rings is 1. The summed E-state index contributed by atoms with van der Waals surface area (Å²) in [6.45, 7) is 4.08. The summed E-state index contributed by atoms with van der Waals surface area (Å²) in [7, 11) is 0. The van der Waals surface area contributed by atoms with E-state index in [1.807, 2.05) is 26.0 Å². The Kier molecular flexibility index (Phi) is 2.94. The molecule has 1 aromatic carbocycles. The van der Waals surface area contributed by atoms with Crippen LogP contribution in [-0.4, -0.2) is 16.1 Å². The van der Waals surface area contributed by atoms with Gasteiger partial charge in [-0.05, 0) is 38.3 Å². The first kappa shape index (κ1) is 12.4. The molecule has 3 rings (SSSR count). The molecule has 98 valence electrons. The van der Waals surface area contributed by atoms with E-state index in [1.54, 1.807) is 4.68 Å². The Morgan fingerprint density at radius 1 is 1.37 bits per heavy atom. The monoisotopic (exact) mass is 274 g/mol. The fourth-order valence-corrected chi connectivity index (χ4v) is 2.67. The second kappa shape index (κ2) is 4.49. The number of halogens is 1. The SMILES string of the molecule is Cc1ccc(-n2nc(C3CC3)c(C=O)c2Cl)c(C)c1. The van der Waals surface area contributed by atoms with E-state index in [2.05, 4.69) is 11.2 Å². The standard InChI is InChI=1S/C15H15ClN2O/c1-9-3-6-13(10(2)7-9)18-15(16)12(8-19)14(17-18)11-4-5-11/h3,6-8,11H,4-5H2,1-2H3. The maximum Gasteiger partial charge on any atom is 0.155 e. The highest BCUT2D eigenvalue weighted by molar-refractivity contribution is 6.32. The molecule has 0 spiro atoms. The molecule has 0 unspecified atom stereocenters. The number of nitrogens with zero attached hydrogens (tertiary/aromatic N) is 2. The number of carbonyl (C=O) groups excluding carboxylic acids is 1. The lowest BCUT2D eigenvalue weighted by molar-refractivity contribution is 0.112. The van der Waals surface area contributed by atoms with Gasteiger partial charge in [-0.25, -0.2) is 4.68 Å². The largest absolute Gasteiger partial charge is 0.298 e. The van der Waals surface area contributed by atoms with Crippen LogP contribution in [-0.2, 0) is 0 Å². The van der Waals surface area contributed by atoms with Crippen molar-refractivity contribution in [2.75, 3.05) is 0 Å². The van der Waals surface area contributed by atoms with Crippen LogP contribution in [0.5, 0.6) is 0 Å². The van der Waals surface area contributed by atoms with E-state index in [1.165, 1.54) is 5.56 Å². The van der Waals surface area contributed by atoms with Gasteiger partial charge in [-0.2, -0.15) is 5.10 Å². The van der Waals surface area contributed by atoms with E-state index in [9.17, 15) is 4.79 Å². The molecule has 19 heavy (non-hydrogen) atoms. The lowest BCUT2D eigenvalue weighted by atomic mass is 10.1. The predicted molar refractivity (Wildman–Crippen MR) is 75.4 cm³/mol. The van der Waals surface area contributed by atoms with Gasteiger partial charge in [0.25, 0.3) is 0 Å². The number of carbonyl (C=O) groups is 1. The summed E-state index contributed by atoms with van der Waals surface area (Å²) in [6, 6.07) is 6.11. The molecule has 0 radical (unpaired) electrons. The van der Waals surface area contributed by atoms with Gasteiger partial charge in [-0.3, -0.25) is 4.79 Å². The van der Waals surface area contributed by atoms with Crippen LogP contribution >= 0.6 is 11.6 Å². The summed E-state index contributed by atoms with van der Waals surface area (Å²) in [4.78, 5) is 11.2. The average Bonchev–Trinajstić information content (AvgIpc) is 3.15. The fourth-order valence-electron chi connectivity index (χ4n) is 2.40. The summed E-state index contributed by atoms with van der Waals surface area (Å²) < 4.78 is 1.69. The molecule has 1 heterocycles. The molecule has 0 aliphatic heterocycles. The molecule has 2 aromatic rings. The zero-order valence-corrected chi connectivity index (χ0v) is 11.7. The van der Waals surface area contributed by atoms with E-state index in [-0.39, 0.29) is 0 Å². The number of hydrogen-bond acceptors (Lipinski definition) is 2. The summed E-state index contributed by atoms with van der Waals surface area (Å²) in [5, 5.41) is 4.98. The van der Waals surface area contributed by atoms with Crippen molar-refractivity contribution in [3.63, 3.8) is 0 Å². The topological polar surface area (TPSA) is 34.9 Å². The highest BCUT2D eigenvalue weighted by Crippen LogP contribution is 2.42. The van der Waals surface area contributed by atoms with E-state index in [0.717, 1.165) is 36.1 Å². The third kappa shape index (κ3) is 2.08. The number of aldehydes is 1. The third-order valence-electron chi connectivity index (χ3n) is 3.55. The Balaban J connectivity index is 2.17. The van der Waals surface area contributed by atoms with Crippen molar-refractivity contribution in [1.29, 1.82) is 0 Å². The zero-order chi connectivity index (χ0) is 13.6. The van der Waals surface area contributed by atoms with E-state index >= 15 is 0 Å². The van der Waals surface area contributed by atoms with E-state index in [4.69, 9.17) is 11.6 Å². The molecule has 1 aliphatic carbocycles. The van der Waals surface area contributed by atoms with Gasteiger partial charge in [-0.1, -0.05) is 29.3 Å². The van der Waals surface area contributed by atoms with Gasteiger partial charge in [0.2, 0.25) is 0 Å². The highest BCUT2D eigenvalue weighted by atomic mass is 35.5. The quantitative estimate of drug-likeness (QED) is 0.797. The molecule has 1 saturated carbocycles. The molecule has 4 heteroatoms. The second-order valence-corrected chi connectivity index (χ2v) is 5.54. The maximum atomic E-state index is 11.2. The van der Waals surface area contributed by atoms with Gasteiger partial charge in [0.05, 0.1) is 16.9 Å². The van der Waals surface area contributed by atoms with Crippen LogP contribution in [0.25, 0.3) is 5.69 Å². The van der Waals surface area contributed by atoms with Crippen molar-refractivity contribution < 1.29 is 4.79 Å². The predicted octanol–water partition coefficient (Wildman–Crippen LogP) is 3.83. The Morgan fingerprint density at radius 3 is 2.68 bits per heavy atom. The van der Waals surface area contributed by atoms with Crippen molar-refractivity contribution in [1.82, 2.24) is 9.78 Å². The first-order chi connectivity index (χ1) is 9.11. The fraction of sp³-hybridized carbons (Fsp3) is 0.333. The van der Waals surface area contributed by atoms with Crippen molar-refractivity contribution in [2.24, 2.45) is 0 Å². The highest BCUT2D eigenvalue weighted by Gasteiger charge is 2.31. The molecule has 1 fully saturated rings. The average molecular weight is 275 g/mol. The zero-order valence-electron chi connectivity index (χ0n) is 11.0. The van der Waals surface area contributed by atoms with Gasteiger partial charge < -0.3 is 0 Å². The van der Waals surface area contributed by atoms with E-state index in [0.29, 0.717) is 16.6 Å². The third-order valence-corrected chi connectivity index (χ3v) is 3.92. The van der Waals surface area contributed by atoms with Crippen LogP contribution in [0.15, 0.2) is 18.2 Å². The van der Waals surface area contributed by atoms with Gasteiger partial charge in [0, 0.05) is 5.92 Å². The van der Waals surface area contributed by atoms with Crippen LogP contribution in [0.4, 0.5) is 0 Å². The van der Waals surface area contributed by atoms with Gasteiger partial charge in [0.1, 0.15) is 5.15 Å². The second-order valence-electron chi connectivity index (χ2n) is 5.18. The smallest absolute Gasteiger partial charge is 0.155 e. The molecule has 3 nitrogen and oxygen atoms in total.